The molecule has 0 saturated heterocycles. The Bertz CT molecular complexity index is 1160. The lowest BCUT2D eigenvalue weighted by molar-refractivity contribution is -0.137. The third-order valence-corrected chi connectivity index (χ3v) is 5.44. The lowest BCUT2D eigenvalue weighted by Crippen LogP contribution is -2.18. The highest BCUT2D eigenvalue weighted by Crippen LogP contribution is 2.39. The fourth-order valence-corrected chi connectivity index (χ4v) is 3.69. The molecule has 2 aromatic carbocycles. The standard InChI is InChI=1S/C21H18F3N3O4S/c1-29-17-11-27(13-5-3-4-12(8-13)21(22,23)24)26-19(17)20(28)25-14-9-15-16(10-18(14)32-2)31-7-6-30-15/h3-5,8-11H,6-7H2,1-2H3,(H,25,28). The molecule has 168 valence electrons. The minimum atomic E-state index is -4.50. The molecule has 0 fully saturated rings. The number of ether oxygens (including phenoxy) is 3. The van der Waals surface area contributed by atoms with E-state index in [1.54, 1.807) is 12.1 Å². The molecule has 1 aliphatic heterocycles. The summed E-state index contributed by atoms with van der Waals surface area (Å²) in [4.78, 5) is 13.7. The SMILES string of the molecule is COc1cn(-c2cccc(C(F)(F)F)c2)nc1C(=O)Nc1cc2c(cc1SC)OCCO2. The number of amides is 1. The molecule has 0 unspecified atom stereocenters. The van der Waals surface area contributed by atoms with Gasteiger partial charge in [-0.2, -0.15) is 18.3 Å². The van der Waals surface area contributed by atoms with Crippen molar-refractivity contribution in [3.63, 3.8) is 0 Å². The van der Waals surface area contributed by atoms with Crippen LogP contribution in [0.1, 0.15) is 16.1 Å². The summed E-state index contributed by atoms with van der Waals surface area (Å²) in [7, 11) is 1.35. The van der Waals surface area contributed by atoms with Crippen molar-refractivity contribution in [1.82, 2.24) is 9.78 Å². The summed E-state index contributed by atoms with van der Waals surface area (Å²) in [5.74, 6) is 0.624. The maximum Gasteiger partial charge on any atom is 0.416 e. The van der Waals surface area contributed by atoms with Gasteiger partial charge in [0.1, 0.15) is 13.2 Å². The van der Waals surface area contributed by atoms with Crippen molar-refractivity contribution in [3.05, 3.63) is 53.9 Å². The summed E-state index contributed by atoms with van der Waals surface area (Å²) in [6.07, 6.45) is -1.30. The zero-order valence-electron chi connectivity index (χ0n) is 17.0. The first-order valence-corrected chi connectivity index (χ1v) is 10.6. The van der Waals surface area contributed by atoms with Crippen molar-refractivity contribution in [1.29, 1.82) is 0 Å². The summed E-state index contributed by atoms with van der Waals surface area (Å²) < 4.78 is 56.7. The van der Waals surface area contributed by atoms with Crippen molar-refractivity contribution in [3.8, 4) is 22.9 Å². The van der Waals surface area contributed by atoms with Crippen LogP contribution in [0, 0.1) is 0 Å². The number of halogens is 3. The Balaban J connectivity index is 1.65. The summed E-state index contributed by atoms with van der Waals surface area (Å²) in [6.45, 7) is 0.838. The summed E-state index contributed by atoms with van der Waals surface area (Å²) in [5, 5.41) is 6.93. The summed E-state index contributed by atoms with van der Waals surface area (Å²) in [5.41, 5.74) is -0.271. The number of hydrogen-bond acceptors (Lipinski definition) is 6. The van der Waals surface area contributed by atoms with E-state index in [0.717, 1.165) is 17.0 Å². The topological polar surface area (TPSA) is 74.6 Å². The second-order valence-corrected chi connectivity index (χ2v) is 7.54. The molecule has 7 nitrogen and oxygen atoms in total. The van der Waals surface area contributed by atoms with E-state index in [4.69, 9.17) is 14.2 Å². The van der Waals surface area contributed by atoms with E-state index in [-0.39, 0.29) is 17.1 Å². The number of aromatic nitrogens is 2. The highest BCUT2D eigenvalue weighted by Gasteiger charge is 2.31. The Morgan fingerprint density at radius 2 is 1.91 bits per heavy atom. The van der Waals surface area contributed by atoms with Gasteiger partial charge in [-0.15, -0.1) is 11.8 Å². The van der Waals surface area contributed by atoms with E-state index in [2.05, 4.69) is 10.4 Å². The predicted octanol–water partition coefficient (Wildman–Crippen LogP) is 4.65. The van der Waals surface area contributed by atoms with Crippen LogP contribution < -0.4 is 19.5 Å². The third-order valence-electron chi connectivity index (χ3n) is 4.67. The fourth-order valence-electron chi connectivity index (χ4n) is 3.14. The Morgan fingerprint density at radius 3 is 2.56 bits per heavy atom. The van der Waals surface area contributed by atoms with Gasteiger partial charge in [0.05, 0.1) is 30.2 Å². The van der Waals surface area contributed by atoms with Gasteiger partial charge in [0, 0.05) is 11.0 Å². The molecule has 11 heteroatoms. The van der Waals surface area contributed by atoms with Crippen LogP contribution in [0.3, 0.4) is 0 Å². The highest BCUT2D eigenvalue weighted by molar-refractivity contribution is 7.98. The van der Waals surface area contributed by atoms with Gasteiger partial charge < -0.3 is 19.5 Å². The minimum absolute atomic E-state index is 0.0770. The molecular formula is C21H18F3N3O4S. The molecule has 1 aliphatic rings. The van der Waals surface area contributed by atoms with Crippen molar-refractivity contribution >= 4 is 23.4 Å². The fraction of sp³-hybridized carbons (Fsp3) is 0.238. The van der Waals surface area contributed by atoms with Gasteiger partial charge >= 0.3 is 6.18 Å². The number of rotatable bonds is 5. The maximum atomic E-state index is 13.1. The number of benzene rings is 2. The van der Waals surface area contributed by atoms with Gasteiger partial charge in [-0.05, 0) is 30.5 Å². The van der Waals surface area contributed by atoms with Crippen LogP contribution in [0.2, 0.25) is 0 Å². The average molecular weight is 465 g/mol. The van der Waals surface area contributed by atoms with Crippen molar-refractivity contribution in [2.75, 3.05) is 31.9 Å². The molecule has 32 heavy (non-hydrogen) atoms. The lowest BCUT2D eigenvalue weighted by Gasteiger charge is -2.20. The normalized spacial score (nSPS) is 13.0. The van der Waals surface area contributed by atoms with Crippen LogP contribution in [0.25, 0.3) is 5.69 Å². The van der Waals surface area contributed by atoms with E-state index < -0.39 is 17.6 Å². The van der Waals surface area contributed by atoms with Gasteiger partial charge in [0.25, 0.3) is 5.91 Å². The third kappa shape index (κ3) is 4.33. The minimum Gasteiger partial charge on any atom is -0.493 e. The molecule has 0 bridgehead atoms. The Kier molecular flexibility index (Phi) is 5.92. The number of nitrogens with one attached hydrogen (secondary N) is 1. The largest absolute Gasteiger partial charge is 0.493 e. The van der Waals surface area contributed by atoms with E-state index >= 15 is 0 Å². The van der Waals surface area contributed by atoms with Crippen molar-refractivity contribution in [2.45, 2.75) is 11.1 Å². The summed E-state index contributed by atoms with van der Waals surface area (Å²) >= 11 is 1.41. The smallest absolute Gasteiger partial charge is 0.416 e. The van der Waals surface area contributed by atoms with Crippen molar-refractivity contribution in [2.24, 2.45) is 0 Å². The summed E-state index contributed by atoms with van der Waals surface area (Å²) in [6, 6.07) is 8.06. The van der Waals surface area contributed by atoms with Gasteiger partial charge in [-0.3, -0.25) is 4.79 Å². The molecule has 0 radical (unpaired) electrons. The Labute approximate surface area is 185 Å². The van der Waals surface area contributed by atoms with Crippen LogP contribution >= 0.6 is 11.8 Å². The van der Waals surface area contributed by atoms with Crippen LogP contribution in [0.4, 0.5) is 18.9 Å². The zero-order chi connectivity index (χ0) is 22.9. The number of fused-ring (bicyclic) bond motifs is 1. The van der Waals surface area contributed by atoms with Crippen molar-refractivity contribution < 1.29 is 32.2 Å². The number of hydrogen-bond donors (Lipinski definition) is 1. The maximum absolute atomic E-state index is 13.1. The van der Waals surface area contributed by atoms with Crippen LogP contribution in [-0.4, -0.2) is 42.3 Å². The predicted molar refractivity (Wildman–Crippen MR) is 112 cm³/mol. The number of methoxy groups -OCH3 is 1. The second kappa shape index (κ2) is 8.65. The van der Waals surface area contributed by atoms with E-state index in [0.29, 0.717) is 30.4 Å². The molecule has 0 saturated carbocycles. The first-order chi connectivity index (χ1) is 15.3. The average Bonchev–Trinajstić information content (AvgIpc) is 3.23. The van der Waals surface area contributed by atoms with Crippen LogP contribution in [0.5, 0.6) is 17.2 Å². The monoisotopic (exact) mass is 465 g/mol. The molecule has 2 heterocycles. The molecule has 1 N–H and O–H groups in total. The second-order valence-electron chi connectivity index (χ2n) is 6.69. The number of nitrogens with zero attached hydrogens (tertiary/aromatic N) is 2. The lowest BCUT2D eigenvalue weighted by atomic mass is 10.2. The Hall–Kier alpha value is -3.34. The van der Waals surface area contributed by atoms with E-state index in [1.807, 2.05) is 6.26 Å². The molecule has 4 rings (SSSR count). The van der Waals surface area contributed by atoms with Gasteiger partial charge in [-0.1, -0.05) is 6.07 Å². The number of carbonyl (C=O) groups excluding carboxylic acids is 1. The van der Waals surface area contributed by atoms with Gasteiger partial charge in [0.15, 0.2) is 22.9 Å². The van der Waals surface area contributed by atoms with E-state index in [1.165, 1.54) is 41.9 Å². The number of anilines is 1. The molecule has 0 atom stereocenters. The molecule has 0 aliphatic carbocycles. The zero-order valence-corrected chi connectivity index (χ0v) is 17.8. The number of carbonyl (C=O) groups is 1. The molecule has 1 aromatic heterocycles. The Morgan fingerprint density at radius 1 is 1.19 bits per heavy atom. The van der Waals surface area contributed by atoms with E-state index in [9.17, 15) is 18.0 Å². The van der Waals surface area contributed by atoms with Gasteiger partial charge in [-0.25, -0.2) is 4.68 Å². The first kappa shape index (κ1) is 21.9. The molecule has 0 spiro atoms. The molecular weight excluding hydrogens is 447 g/mol. The quantitative estimate of drug-likeness (QED) is 0.553. The van der Waals surface area contributed by atoms with Crippen LogP contribution in [0.15, 0.2) is 47.5 Å². The molecule has 1 amide bonds. The highest BCUT2D eigenvalue weighted by atomic mass is 32.2. The molecule has 3 aromatic rings. The number of thioether (sulfide) groups is 1. The first-order valence-electron chi connectivity index (χ1n) is 9.40. The van der Waals surface area contributed by atoms with Crippen LogP contribution in [-0.2, 0) is 6.18 Å². The number of alkyl halides is 3. The van der Waals surface area contributed by atoms with Gasteiger partial charge in [0.2, 0.25) is 0 Å².